The van der Waals surface area contributed by atoms with E-state index in [1.807, 2.05) is 62.6 Å². The van der Waals surface area contributed by atoms with Crippen LogP contribution in [0.3, 0.4) is 0 Å². The average Bonchev–Trinajstić information content (AvgIpc) is 2.54. The topological polar surface area (TPSA) is 41.6 Å². The van der Waals surface area contributed by atoms with Crippen molar-refractivity contribution >= 4 is 27.5 Å². The summed E-state index contributed by atoms with van der Waals surface area (Å²) in [6.07, 6.45) is 1.18. The first-order chi connectivity index (χ1) is 11.5. The van der Waals surface area contributed by atoms with Gasteiger partial charge in [0.15, 0.2) is 0 Å². The molecule has 5 heteroatoms. The van der Waals surface area contributed by atoms with Crippen LogP contribution < -0.4 is 10.1 Å². The van der Waals surface area contributed by atoms with Gasteiger partial charge in [0.1, 0.15) is 12.4 Å². The summed E-state index contributed by atoms with van der Waals surface area (Å²) in [7, 11) is 4.02. The number of likely N-dealkylation sites (N-methyl/N-ethyl adjacent to an activating group) is 1. The number of nitrogens with zero attached hydrogens (tertiary/aromatic N) is 1. The number of rotatable bonds is 8. The number of anilines is 1. The van der Waals surface area contributed by atoms with Gasteiger partial charge >= 0.3 is 0 Å². The van der Waals surface area contributed by atoms with E-state index in [-0.39, 0.29) is 5.91 Å². The minimum Gasteiger partial charge on any atom is -0.492 e. The van der Waals surface area contributed by atoms with Crippen molar-refractivity contribution in [2.45, 2.75) is 12.8 Å². The molecule has 0 aliphatic carbocycles. The van der Waals surface area contributed by atoms with Crippen LogP contribution in [0.5, 0.6) is 5.75 Å². The molecule has 0 saturated carbocycles. The third-order valence-electron chi connectivity index (χ3n) is 3.48. The van der Waals surface area contributed by atoms with Crippen LogP contribution in [0, 0.1) is 0 Å². The normalized spacial score (nSPS) is 10.7. The van der Waals surface area contributed by atoms with Gasteiger partial charge in [-0.3, -0.25) is 4.79 Å². The summed E-state index contributed by atoms with van der Waals surface area (Å²) < 4.78 is 6.67. The Kier molecular flexibility index (Phi) is 7.28. The molecule has 0 bridgehead atoms. The molecule has 1 amide bonds. The smallest absolute Gasteiger partial charge is 0.224 e. The Labute approximate surface area is 151 Å². The lowest BCUT2D eigenvalue weighted by Crippen LogP contribution is -2.19. The standard InChI is InChI=1S/C19H23BrN2O2/c1-22(2)12-13-24-18-9-7-17(8-10-18)21-19(23)11-6-15-4-3-5-16(20)14-15/h3-5,7-10,14H,6,11-13H2,1-2H3,(H,21,23). The summed E-state index contributed by atoms with van der Waals surface area (Å²) in [5.74, 6) is 0.820. The van der Waals surface area contributed by atoms with Crippen LogP contribution in [0.25, 0.3) is 0 Å². The van der Waals surface area contributed by atoms with Crippen LogP contribution in [-0.2, 0) is 11.2 Å². The Morgan fingerprint density at radius 1 is 1.17 bits per heavy atom. The van der Waals surface area contributed by atoms with E-state index >= 15 is 0 Å². The molecule has 2 rings (SSSR count). The predicted octanol–water partition coefficient (Wildman–Crippen LogP) is 3.96. The van der Waals surface area contributed by atoms with E-state index in [1.54, 1.807) is 0 Å². The van der Waals surface area contributed by atoms with Crippen molar-refractivity contribution in [3.63, 3.8) is 0 Å². The van der Waals surface area contributed by atoms with Gasteiger partial charge in [-0.25, -0.2) is 0 Å². The number of hydrogen-bond acceptors (Lipinski definition) is 3. The number of ether oxygens (including phenoxy) is 1. The summed E-state index contributed by atoms with van der Waals surface area (Å²) in [5, 5.41) is 2.91. The number of amides is 1. The van der Waals surface area contributed by atoms with Gasteiger partial charge in [-0.15, -0.1) is 0 Å². The second kappa shape index (κ2) is 9.45. The molecular weight excluding hydrogens is 368 g/mol. The number of halogens is 1. The second-order valence-electron chi connectivity index (χ2n) is 5.85. The maximum absolute atomic E-state index is 12.0. The van der Waals surface area contributed by atoms with Crippen molar-refractivity contribution in [1.29, 1.82) is 0 Å². The molecule has 0 saturated heterocycles. The van der Waals surface area contributed by atoms with Crippen molar-refractivity contribution in [3.05, 3.63) is 58.6 Å². The second-order valence-corrected chi connectivity index (χ2v) is 6.77. The number of aryl methyl sites for hydroxylation is 1. The van der Waals surface area contributed by atoms with Gasteiger partial charge in [-0.2, -0.15) is 0 Å². The highest BCUT2D eigenvalue weighted by molar-refractivity contribution is 9.10. The fraction of sp³-hybridized carbons (Fsp3) is 0.316. The zero-order valence-electron chi connectivity index (χ0n) is 14.1. The van der Waals surface area contributed by atoms with Crippen LogP contribution in [0.2, 0.25) is 0 Å². The summed E-state index contributed by atoms with van der Waals surface area (Å²) in [5.41, 5.74) is 1.93. The molecule has 0 fully saturated rings. The lowest BCUT2D eigenvalue weighted by Gasteiger charge is -2.11. The quantitative estimate of drug-likeness (QED) is 0.741. The van der Waals surface area contributed by atoms with Gasteiger partial charge in [-0.05, 0) is 62.5 Å². The Balaban J connectivity index is 1.77. The number of nitrogens with one attached hydrogen (secondary N) is 1. The van der Waals surface area contributed by atoms with E-state index < -0.39 is 0 Å². The molecule has 0 radical (unpaired) electrons. The highest BCUT2D eigenvalue weighted by Gasteiger charge is 2.04. The molecule has 24 heavy (non-hydrogen) atoms. The monoisotopic (exact) mass is 390 g/mol. The molecule has 128 valence electrons. The Hall–Kier alpha value is -1.85. The number of carbonyl (C=O) groups is 1. The molecule has 1 N–H and O–H groups in total. The Morgan fingerprint density at radius 2 is 1.92 bits per heavy atom. The molecule has 0 aliphatic heterocycles. The van der Waals surface area contributed by atoms with Gasteiger partial charge < -0.3 is 15.0 Å². The first-order valence-corrected chi connectivity index (χ1v) is 8.74. The number of hydrogen-bond donors (Lipinski definition) is 1. The van der Waals surface area contributed by atoms with Crippen molar-refractivity contribution in [3.8, 4) is 5.75 Å². The van der Waals surface area contributed by atoms with Gasteiger partial charge in [-0.1, -0.05) is 28.1 Å². The molecule has 0 atom stereocenters. The summed E-state index contributed by atoms with van der Waals surface area (Å²) in [6.45, 7) is 1.51. The minimum absolute atomic E-state index is 0.0104. The lowest BCUT2D eigenvalue weighted by atomic mass is 10.1. The molecule has 2 aromatic carbocycles. The molecule has 4 nitrogen and oxygen atoms in total. The number of carbonyl (C=O) groups excluding carboxylic acids is 1. The summed E-state index contributed by atoms with van der Waals surface area (Å²) >= 11 is 3.44. The van der Waals surface area contributed by atoms with Gasteiger partial charge in [0.2, 0.25) is 5.91 Å². The van der Waals surface area contributed by atoms with E-state index in [2.05, 4.69) is 26.1 Å². The third-order valence-corrected chi connectivity index (χ3v) is 3.97. The van der Waals surface area contributed by atoms with Crippen molar-refractivity contribution in [1.82, 2.24) is 4.90 Å². The third kappa shape index (κ3) is 6.72. The molecule has 0 aliphatic rings. The molecule has 0 aromatic heterocycles. The zero-order chi connectivity index (χ0) is 17.4. The molecular formula is C19H23BrN2O2. The lowest BCUT2D eigenvalue weighted by molar-refractivity contribution is -0.116. The van der Waals surface area contributed by atoms with Crippen LogP contribution in [0.1, 0.15) is 12.0 Å². The fourth-order valence-electron chi connectivity index (χ4n) is 2.15. The van der Waals surface area contributed by atoms with Gasteiger partial charge in [0, 0.05) is 23.1 Å². The van der Waals surface area contributed by atoms with Crippen LogP contribution in [0.15, 0.2) is 53.0 Å². The Bertz CT molecular complexity index is 657. The predicted molar refractivity (Wildman–Crippen MR) is 102 cm³/mol. The first kappa shape index (κ1) is 18.5. The summed E-state index contributed by atoms with van der Waals surface area (Å²) in [4.78, 5) is 14.1. The zero-order valence-corrected chi connectivity index (χ0v) is 15.7. The van der Waals surface area contributed by atoms with E-state index in [0.717, 1.165) is 34.4 Å². The van der Waals surface area contributed by atoms with E-state index in [1.165, 1.54) is 0 Å². The van der Waals surface area contributed by atoms with E-state index in [9.17, 15) is 4.79 Å². The maximum Gasteiger partial charge on any atom is 0.224 e. The highest BCUT2D eigenvalue weighted by Crippen LogP contribution is 2.17. The van der Waals surface area contributed by atoms with E-state index in [4.69, 9.17) is 4.74 Å². The largest absolute Gasteiger partial charge is 0.492 e. The van der Waals surface area contributed by atoms with Gasteiger partial charge in [0.05, 0.1) is 0 Å². The summed E-state index contributed by atoms with van der Waals surface area (Å²) in [6, 6.07) is 15.5. The highest BCUT2D eigenvalue weighted by atomic mass is 79.9. The Morgan fingerprint density at radius 3 is 2.58 bits per heavy atom. The molecule has 0 heterocycles. The van der Waals surface area contributed by atoms with Crippen LogP contribution >= 0.6 is 15.9 Å². The SMILES string of the molecule is CN(C)CCOc1ccc(NC(=O)CCc2cccc(Br)c2)cc1. The number of benzene rings is 2. The van der Waals surface area contributed by atoms with Crippen molar-refractivity contribution < 1.29 is 9.53 Å². The van der Waals surface area contributed by atoms with Crippen LogP contribution in [0.4, 0.5) is 5.69 Å². The average molecular weight is 391 g/mol. The first-order valence-electron chi connectivity index (χ1n) is 7.95. The molecule has 0 unspecified atom stereocenters. The fourth-order valence-corrected chi connectivity index (χ4v) is 2.60. The maximum atomic E-state index is 12.0. The van der Waals surface area contributed by atoms with Crippen molar-refractivity contribution in [2.24, 2.45) is 0 Å². The molecule has 2 aromatic rings. The van der Waals surface area contributed by atoms with Gasteiger partial charge in [0.25, 0.3) is 0 Å². The van der Waals surface area contributed by atoms with Crippen LogP contribution in [-0.4, -0.2) is 38.1 Å². The van der Waals surface area contributed by atoms with Crippen molar-refractivity contribution in [2.75, 3.05) is 32.6 Å². The molecule has 0 spiro atoms. The van der Waals surface area contributed by atoms with E-state index in [0.29, 0.717) is 13.0 Å². The minimum atomic E-state index is 0.0104.